The Hall–Kier alpha value is -5.61. The van der Waals surface area contributed by atoms with Crippen molar-refractivity contribution in [2.24, 2.45) is 0 Å². The van der Waals surface area contributed by atoms with E-state index in [0.717, 1.165) is 173 Å². The van der Waals surface area contributed by atoms with E-state index in [2.05, 4.69) is 215 Å². The lowest BCUT2D eigenvalue weighted by Crippen LogP contribution is -2.30. The first-order chi connectivity index (χ1) is 62.2. The van der Waals surface area contributed by atoms with E-state index in [1.165, 1.54) is 186 Å². The molecule has 4 N–H and O–H groups in total. The number of phosphoric acid groups is 2. The predicted octanol–water partition coefficient (Wildman–Crippen LogP) is 32.1. The number of unbranched alkanes of at least 4 members (excludes halogenated alkanes) is 40. The van der Waals surface area contributed by atoms with Crippen LogP contribution in [0.2, 0.25) is 0 Å². The summed E-state index contributed by atoms with van der Waals surface area (Å²) in [4.78, 5) is 59.2. The highest BCUT2D eigenvalue weighted by atomic mass is 31.2. The van der Waals surface area contributed by atoms with E-state index >= 15 is 0 Å². The maximum atomic E-state index is 13.1. The van der Waals surface area contributed by atoms with E-state index in [1.54, 1.807) is 0 Å². The molecule has 5 atom stereocenters. The Morgan fingerprint density at radius 3 is 0.661 bits per heavy atom. The molecule has 0 radical (unpaired) electrons. The van der Waals surface area contributed by atoms with Crippen molar-refractivity contribution in [3.8, 4) is 0 Å². The molecule has 127 heavy (non-hydrogen) atoms. The summed E-state index contributed by atoms with van der Waals surface area (Å²) in [5.74, 6) is -1.60. The van der Waals surface area contributed by atoms with Gasteiger partial charge in [0.1, 0.15) is 25.4 Å². The highest BCUT2D eigenvalue weighted by molar-refractivity contribution is 7.47. The molecule has 0 spiro atoms. The van der Waals surface area contributed by atoms with Gasteiger partial charge >= 0.3 is 33.6 Å². The van der Waals surface area contributed by atoms with Gasteiger partial charge in [0, 0.05) is 19.3 Å². The first kappa shape index (κ1) is 121. The van der Waals surface area contributed by atoms with E-state index in [0.29, 0.717) is 19.3 Å². The van der Waals surface area contributed by atoms with Crippen molar-refractivity contribution in [1.29, 1.82) is 0 Å². The Labute approximate surface area is 776 Å². The van der Waals surface area contributed by atoms with Crippen molar-refractivity contribution in [3.05, 3.63) is 194 Å². The van der Waals surface area contributed by atoms with Gasteiger partial charge in [0.15, 0.2) is 6.10 Å². The van der Waals surface area contributed by atoms with Crippen LogP contribution in [0.25, 0.3) is 0 Å². The summed E-state index contributed by atoms with van der Waals surface area (Å²) >= 11 is 0. The average molecular weight is 1810 g/mol. The maximum Gasteiger partial charge on any atom is 0.472 e. The summed E-state index contributed by atoms with van der Waals surface area (Å²) in [6.45, 7) is 2.45. The number of aliphatic hydroxyl groups excluding tert-OH is 2. The molecule has 0 amide bonds. The van der Waals surface area contributed by atoms with E-state index < -0.39 is 91.5 Å². The monoisotopic (exact) mass is 1810 g/mol. The summed E-state index contributed by atoms with van der Waals surface area (Å²) in [5.41, 5.74) is 0. The molecule has 18 heteroatoms. The van der Waals surface area contributed by atoms with E-state index in [9.17, 15) is 43.5 Å². The third-order valence-corrected chi connectivity index (χ3v) is 23.2. The molecule has 0 aliphatic rings. The summed E-state index contributed by atoms with van der Waals surface area (Å²) in [5, 5.41) is 20.8. The number of hydrogen-bond acceptors (Lipinski definition) is 14. The molecule has 0 aromatic carbocycles. The van der Waals surface area contributed by atoms with Crippen LogP contribution in [-0.4, -0.2) is 95.9 Å². The molecule has 0 aliphatic carbocycles. The quantitative estimate of drug-likeness (QED) is 0.0146. The smallest absolute Gasteiger partial charge is 0.463 e. The second kappa shape index (κ2) is 99.4. The van der Waals surface area contributed by atoms with Gasteiger partial charge < -0.3 is 34.2 Å². The fourth-order valence-corrected chi connectivity index (χ4v) is 15.3. The zero-order valence-electron chi connectivity index (χ0n) is 80.4. The highest BCUT2D eigenvalue weighted by Crippen LogP contribution is 2.45. The number of hydrogen-bond donors (Lipinski definition) is 4. The second-order valence-corrected chi connectivity index (χ2v) is 36.4. The van der Waals surface area contributed by atoms with Crippen LogP contribution in [0.1, 0.15) is 419 Å². The molecular formula is C109H184O16P2. The van der Waals surface area contributed by atoms with Crippen LogP contribution in [0.4, 0.5) is 0 Å². The van der Waals surface area contributed by atoms with Gasteiger partial charge in [0.25, 0.3) is 0 Å². The molecule has 726 valence electrons. The largest absolute Gasteiger partial charge is 0.472 e. The van der Waals surface area contributed by atoms with Crippen molar-refractivity contribution >= 4 is 33.6 Å². The number of phosphoric ester groups is 2. The van der Waals surface area contributed by atoms with Crippen LogP contribution in [0, 0.1) is 0 Å². The number of allylic oxidation sites excluding steroid dienone is 32. The normalized spacial score (nSPS) is 14.5. The Bertz CT molecular complexity index is 3090. The predicted molar refractivity (Wildman–Crippen MR) is 537 cm³/mol. The van der Waals surface area contributed by atoms with Crippen LogP contribution in [-0.2, 0) is 55.8 Å². The number of carbonyl (C=O) groups is 3. The zero-order chi connectivity index (χ0) is 92.1. The Morgan fingerprint density at radius 1 is 0.228 bits per heavy atom. The lowest BCUT2D eigenvalue weighted by atomic mass is 10.0. The van der Waals surface area contributed by atoms with Crippen molar-refractivity contribution in [3.63, 3.8) is 0 Å². The number of ether oxygens (including phenoxy) is 3. The summed E-state index contributed by atoms with van der Waals surface area (Å²) in [6, 6.07) is 0. The van der Waals surface area contributed by atoms with Gasteiger partial charge in [0.05, 0.1) is 26.4 Å². The number of carbonyl (C=O) groups excluding carboxylic acids is 3. The Kier molecular flexibility index (Phi) is 95.0. The number of rotatable bonds is 95. The van der Waals surface area contributed by atoms with E-state index in [1.807, 2.05) is 0 Å². The highest BCUT2D eigenvalue weighted by Gasteiger charge is 2.30. The van der Waals surface area contributed by atoms with Crippen molar-refractivity contribution in [1.82, 2.24) is 0 Å². The van der Waals surface area contributed by atoms with Gasteiger partial charge in [-0.2, -0.15) is 0 Å². The lowest BCUT2D eigenvalue weighted by molar-refractivity contribution is -0.161. The molecule has 0 saturated carbocycles. The van der Waals surface area contributed by atoms with Gasteiger partial charge in [-0.3, -0.25) is 32.5 Å². The minimum Gasteiger partial charge on any atom is -0.463 e. The second-order valence-electron chi connectivity index (χ2n) is 33.5. The topological polar surface area (TPSA) is 231 Å². The van der Waals surface area contributed by atoms with Crippen molar-refractivity contribution < 1.29 is 75.8 Å². The lowest BCUT2D eigenvalue weighted by Gasteiger charge is -2.21. The van der Waals surface area contributed by atoms with Gasteiger partial charge in [-0.25, -0.2) is 9.13 Å². The molecular weight excluding hydrogens is 1630 g/mol. The van der Waals surface area contributed by atoms with Crippen LogP contribution in [0.15, 0.2) is 194 Å². The molecule has 0 aromatic heterocycles. The molecule has 0 fully saturated rings. The van der Waals surface area contributed by atoms with Crippen molar-refractivity contribution in [2.45, 2.75) is 437 Å². The third-order valence-electron chi connectivity index (χ3n) is 21.3. The van der Waals surface area contributed by atoms with Crippen LogP contribution >= 0.6 is 15.6 Å². The maximum absolute atomic E-state index is 13.1. The zero-order valence-corrected chi connectivity index (χ0v) is 82.2. The Morgan fingerprint density at radius 2 is 0.417 bits per heavy atom. The molecule has 5 unspecified atom stereocenters. The van der Waals surface area contributed by atoms with Gasteiger partial charge in [0.2, 0.25) is 0 Å². The molecule has 0 rings (SSSR count). The summed E-state index contributed by atoms with van der Waals surface area (Å²) in [6.07, 6.45) is 134. The standard InChI is InChI=1S/C109H184O16P2/c1-4-7-10-13-16-19-22-25-28-31-34-37-40-42-44-46-48-50-51-53-55-56-58-60-63-65-68-71-74-77-80-83-86-89-92-95-107(112)119-98-104(110)99-121-126(115,116)122-100-105(111)101-123-127(117,118)124-103-106(125-109(114)97-94-91-88-85-82-79-76-73-70-67-62-39-36-33-30-27-24-21-18-15-12-9-6-3)102-120-108(113)96-93-90-87-84-81-78-75-72-69-66-64-61-59-57-54-52-49-47-45-43-41-38-35-32-29-26-23-20-17-14-11-8-5-2/h8-9,11-12,16-21,25-30,34-39,42-45,49,52,67,70,76,79,104-106,110-111H,4-7,10,13-15,22-24,31-33,40-41,46-48,50-51,53-66,68-69,71-75,77-78,80-103H2,1-3H3,(H,115,116)(H,117,118)/b11-8-,12-9-,19-16-,20-17-,21-18-,28-25-,29-26-,30-27-,37-34-,38-35-,39-36-,44-42-,45-43-,52-49-,70-67-,79-76-. The van der Waals surface area contributed by atoms with Gasteiger partial charge in [-0.05, 0) is 167 Å². The molecule has 0 heterocycles. The minimum absolute atomic E-state index is 0.0693. The van der Waals surface area contributed by atoms with Crippen LogP contribution in [0.3, 0.4) is 0 Å². The first-order valence-corrected chi connectivity index (χ1v) is 53.7. The summed E-state index contributed by atoms with van der Waals surface area (Å²) in [7, 11) is -9.83. The minimum atomic E-state index is -4.96. The molecule has 0 aromatic rings. The van der Waals surface area contributed by atoms with Gasteiger partial charge in [-0.1, -0.05) is 427 Å². The SMILES string of the molecule is CC/C=C\C/C=C\C/C=C\C/C=C\C/C=C\C/C=C\CCCCCCCCCCCCCCCCC(=O)OCC(COP(=O)(O)OCC(O)COP(=O)(O)OCC(O)COC(=O)CCCCCCCCCCCCCCCCCCCCC/C=C\C/C=C\C/C=C\C/C=C\CCCCC)OC(=O)CCCCCC/C=C\C/C=C\C/C=C\C/C=C\C/C=C\C/C=C\CC. The van der Waals surface area contributed by atoms with Crippen molar-refractivity contribution in [2.75, 3.05) is 39.6 Å². The molecule has 16 nitrogen and oxygen atoms in total. The van der Waals surface area contributed by atoms with Crippen LogP contribution < -0.4 is 0 Å². The average Bonchev–Trinajstić information content (AvgIpc) is 0.900. The molecule has 0 saturated heterocycles. The van der Waals surface area contributed by atoms with E-state index in [-0.39, 0.29) is 19.3 Å². The Balaban J connectivity index is 4.58. The number of esters is 3. The first-order valence-electron chi connectivity index (χ1n) is 50.7. The van der Waals surface area contributed by atoms with E-state index in [4.69, 9.17) is 32.3 Å². The number of aliphatic hydroxyl groups is 2. The van der Waals surface area contributed by atoms with Crippen LogP contribution in [0.5, 0.6) is 0 Å². The van der Waals surface area contributed by atoms with Gasteiger partial charge in [-0.15, -0.1) is 0 Å². The molecule has 0 aliphatic heterocycles. The summed E-state index contributed by atoms with van der Waals surface area (Å²) < 4.78 is 61.6. The molecule has 0 bridgehead atoms. The third kappa shape index (κ3) is 101. The fraction of sp³-hybridized carbons (Fsp3) is 0.679. The fourth-order valence-electron chi connectivity index (χ4n) is 13.7.